The number of piperazine rings is 1. The van der Waals surface area contributed by atoms with E-state index in [9.17, 15) is 14.0 Å². The van der Waals surface area contributed by atoms with Crippen LogP contribution in [0.5, 0.6) is 0 Å². The minimum absolute atomic E-state index is 0.0596. The molecule has 2 amide bonds. The molecule has 0 radical (unpaired) electrons. The Bertz CT molecular complexity index is 623. The number of nitrogens with zero attached hydrogens (tertiary/aromatic N) is 3. The highest BCUT2D eigenvalue weighted by Gasteiger charge is 2.27. The van der Waals surface area contributed by atoms with E-state index in [1.165, 1.54) is 6.07 Å². The zero-order valence-corrected chi connectivity index (χ0v) is 14.4. The van der Waals surface area contributed by atoms with Gasteiger partial charge in [-0.2, -0.15) is 0 Å². The molecule has 0 saturated carbocycles. The maximum atomic E-state index is 13.9. The van der Waals surface area contributed by atoms with Crippen LogP contribution in [0.15, 0.2) is 24.3 Å². The Morgan fingerprint density at radius 3 is 2.28 bits per heavy atom. The topological polar surface area (TPSA) is 69.9 Å². The predicted molar refractivity (Wildman–Crippen MR) is 93.6 cm³/mol. The van der Waals surface area contributed by atoms with E-state index in [1.54, 1.807) is 12.1 Å². The number of benzene rings is 1. The number of nitrogens with two attached hydrogens (primary N) is 1. The zero-order chi connectivity index (χ0) is 17.8. The number of carbonyl (C=O) groups is 2. The van der Waals surface area contributed by atoms with E-state index in [-0.39, 0.29) is 23.5 Å². The van der Waals surface area contributed by atoms with Crippen LogP contribution in [0.4, 0.5) is 10.1 Å². The van der Waals surface area contributed by atoms with Gasteiger partial charge in [0.1, 0.15) is 5.82 Å². The van der Waals surface area contributed by atoms with Crippen LogP contribution >= 0.6 is 0 Å². The quantitative estimate of drug-likeness (QED) is 0.868. The Labute approximate surface area is 147 Å². The lowest BCUT2D eigenvalue weighted by molar-refractivity contribution is -0.133. The summed E-state index contributed by atoms with van der Waals surface area (Å²) in [5.74, 6) is -0.420. The number of hydrogen-bond donors (Lipinski definition) is 1. The number of halogens is 1. The van der Waals surface area contributed by atoms with Crippen molar-refractivity contribution in [2.24, 2.45) is 11.7 Å². The summed E-state index contributed by atoms with van der Waals surface area (Å²) < 4.78 is 13.9. The van der Waals surface area contributed by atoms with Crippen molar-refractivity contribution in [3.8, 4) is 0 Å². The van der Waals surface area contributed by atoms with Crippen LogP contribution < -0.4 is 10.6 Å². The number of hydrogen-bond acceptors (Lipinski definition) is 4. The molecule has 0 aliphatic carbocycles. The zero-order valence-electron chi connectivity index (χ0n) is 14.4. The molecule has 25 heavy (non-hydrogen) atoms. The van der Waals surface area contributed by atoms with Gasteiger partial charge in [0, 0.05) is 32.1 Å². The molecule has 0 atom stereocenters. The highest BCUT2D eigenvalue weighted by Crippen LogP contribution is 2.21. The van der Waals surface area contributed by atoms with Crippen LogP contribution in [0.25, 0.3) is 0 Å². The Hall–Kier alpha value is -2.15. The number of piperidine rings is 1. The first kappa shape index (κ1) is 17.7. The minimum Gasteiger partial charge on any atom is -0.369 e. The van der Waals surface area contributed by atoms with Gasteiger partial charge in [-0.15, -0.1) is 0 Å². The monoisotopic (exact) mass is 348 g/mol. The van der Waals surface area contributed by atoms with Crippen LogP contribution in [0.2, 0.25) is 0 Å². The fourth-order valence-corrected chi connectivity index (χ4v) is 3.57. The van der Waals surface area contributed by atoms with Crippen LogP contribution in [-0.2, 0) is 9.59 Å². The van der Waals surface area contributed by atoms with E-state index >= 15 is 0 Å². The molecule has 136 valence electrons. The third-order valence-corrected chi connectivity index (χ3v) is 5.17. The van der Waals surface area contributed by atoms with E-state index < -0.39 is 0 Å². The van der Waals surface area contributed by atoms with Gasteiger partial charge in [-0.25, -0.2) is 4.39 Å². The highest BCUT2D eigenvalue weighted by atomic mass is 19.1. The molecule has 0 unspecified atom stereocenters. The standard InChI is InChI=1S/C18H25FN4O2/c19-15-3-1-2-4-16(15)22-9-11-23(12-10-22)17(24)13-21-7-5-14(6-8-21)18(20)25/h1-4,14H,5-13H2,(H2,20,25). The van der Waals surface area contributed by atoms with Gasteiger partial charge in [-0.1, -0.05) is 12.1 Å². The van der Waals surface area contributed by atoms with Crippen LogP contribution in [0.3, 0.4) is 0 Å². The summed E-state index contributed by atoms with van der Waals surface area (Å²) in [6.07, 6.45) is 1.45. The summed E-state index contributed by atoms with van der Waals surface area (Å²) in [5, 5.41) is 0. The van der Waals surface area contributed by atoms with Crippen molar-refractivity contribution in [1.29, 1.82) is 0 Å². The first-order chi connectivity index (χ1) is 12.0. The summed E-state index contributed by atoms with van der Waals surface area (Å²) in [6.45, 7) is 4.32. The van der Waals surface area contributed by atoms with Gasteiger partial charge < -0.3 is 15.5 Å². The van der Waals surface area contributed by atoms with E-state index in [2.05, 4.69) is 4.90 Å². The van der Waals surface area contributed by atoms with Crippen molar-refractivity contribution in [3.05, 3.63) is 30.1 Å². The third kappa shape index (κ3) is 4.28. The van der Waals surface area contributed by atoms with Gasteiger partial charge >= 0.3 is 0 Å². The second-order valence-corrected chi connectivity index (χ2v) is 6.77. The van der Waals surface area contributed by atoms with Crippen molar-refractivity contribution < 1.29 is 14.0 Å². The fraction of sp³-hybridized carbons (Fsp3) is 0.556. The van der Waals surface area contributed by atoms with Crippen molar-refractivity contribution in [3.63, 3.8) is 0 Å². The maximum Gasteiger partial charge on any atom is 0.236 e. The number of rotatable bonds is 4. The molecule has 0 bridgehead atoms. The lowest BCUT2D eigenvalue weighted by Crippen LogP contribution is -2.52. The summed E-state index contributed by atoms with van der Waals surface area (Å²) in [5.41, 5.74) is 5.94. The molecule has 1 aromatic rings. The van der Waals surface area contributed by atoms with Gasteiger partial charge in [-0.05, 0) is 38.1 Å². The summed E-state index contributed by atoms with van der Waals surface area (Å²) in [6, 6.07) is 6.74. The first-order valence-corrected chi connectivity index (χ1v) is 8.83. The Morgan fingerprint density at radius 1 is 1.04 bits per heavy atom. The molecule has 0 aromatic heterocycles. The van der Waals surface area contributed by atoms with Crippen LogP contribution in [-0.4, -0.2) is 67.4 Å². The molecule has 7 heteroatoms. The maximum absolute atomic E-state index is 13.9. The van der Waals surface area contributed by atoms with Crippen LogP contribution in [0.1, 0.15) is 12.8 Å². The van der Waals surface area contributed by atoms with E-state index in [0.29, 0.717) is 38.4 Å². The Balaban J connectivity index is 1.46. The lowest BCUT2D eigenvalue weighted by atomic mass is 9.96. The molecule has 3 rings (SSSR count). The second-order valence-electron chi connectivity index (χ2n) is 6.77. The van der Waals surface area contributed by atoms with Gasteiger partial charge in [-0.3, -0.25) is 14.5 Å². The minimum atomic E-state index is -0.241. The number of carbonyl (C=O) groups excluding carboxylic acids is 2. The molecule has 2 heterocycles. The molecule has 1 aromatic carbocycles. The molecular weight excluding hydrogens is 323 g/mol. The molecule has 2 fully saturated rings. The van der Waals surface area contributed by atoms with E-state index in [1.807, 2.05) is 15.9 Å². The average molecular weight is 348 g/mol. The van der Waals surface area contributed by atoms with Gasteiger partial charge in [0.2, 0.25) is 11.8 Å². The molecule has 2 aliphatic heterocycles. The summed E-state index contributed by atoms with van der Waals surface area (Å²) in [4.78, 5) is 29.6. The van der Waals surface area contributed by atoms with Gasteiger partial charge in [0.15, 0.2) is 0 Å². The lowest BCUT2D eigenvalue weighted by Gasteiger charge is -2.38. The Morgan fingerprint density at radius 2 is 1.68 bits per heavy atom. The molecule has 0 spiro atoms. The number of primary amides is 1. The van der Waals surface area contributed by atoms with Crippen molar-refractivity contribution in [1.82, 2.24) is 9.80 Å². The molecule has 2 aliphatic rings. The predicted octanol–water partition coefficient (Wildman–Crippen LogP) is 0.672. The Kier molecular flexibility index (Phi) is 5.53. The largest absolute Gasteiger partial charge is 0.369 e. The first-order valence-electron chi connectivity index (χ1n) is 8.83. The van der Waals surface area contributed by atoms with Crippen LogP contribution in [0, 0.1) is 11.7 Å². The van der Waals surface area contributed by atoms with Crippen molar-refractivity contribution in [2.45, 2.75) is 12.8 Å². The second kappa shape index (κ2) is 7.82. The number of amides is 2. The summed E-state index contributed by atoms with van der Waals surface area (Å²) in [7, 11) is 0. The van der Waals surface area contributed by atoms with Gasteiger partial charge in [0.25, 0.3) is 0 Å². The smallest absolute Gasteiger partial charge is 0.236 e. The van der Waals surface area contributed by atoms with Crippen molar-refractivity contribution >= 4 is 17.5 Å². The molecule has 2 N–H and O–H groups in total. The third-order valence-electron chi connectivity index (χ3n) is 5.17. The van der Waals surface area contributed by atoms with Crippen molar-refractivity contribution in [2.75, 3.05) is 50.7 Å². The molecular formula is C18H25FN4O2. The summed E-state index contributed by atoms with van der Waals surface area (Å²) >= 11 is 0. The fourth-order valence-electron chi connectivity index (χ4n) is 3.57. The molecule has 6 nitrogen and oxygen atoms in total. The highest BCUT2D eigenvalue weighted by molar-refractivity contribution is 5.79. The van der Waals surface area contributed by atoms with E-state index in [0.717, 1.165) is 25.9 Å². The SMILES string of the molecule is NC(=O)C1CCN(CC(=O)N2CCN(c3ccccc3F)CC2)CC1. The average Bonchev–Trinajstić information content (AvgIpc) is 2.63. The number of likely N-dealkylation sites (tertiary alicyclic amines) is 1. The molecule has 2 saturated heterocycles. The van der Waals surface area contributed by atoms with E-state index in [4.69, 9.17) is 5.73 Å². The normalized spacial score (nSPS) is 19.9. The number of anilines is 1. The number of para-hydroxylation sites is 1. The van der Waals surface area contributed by atoms with Gasteiger partial charge in [0.05, 0.1) is 12.2 Å².